The van der Waals surface area contributed by atoms with Crippen LogP contribution in [0.4, 0.5) is 4.79 Å². The van der Waals surface area contributed by atoms with Crippen LogP contribution in [0.15, 0.2) is 24.3 Å². The van der Waals surface area contributed by atoms with Gasteiger partial charge in [-0.2, -0.15) is 0 Å². The molecular formula is C13H20Cl2N4O2. The van der Waals surface area contributed by atoms with Crippen LogP contribution >= 0.6 is 24.0 Å². The first-order valence-corrected chi connectivity index (χ1v) is 6.64. The van der Waals surface area contributed by atoms with Crippen molar-refractivity contribution in [2.24, 2.45) is 5.73 Å². The lowest BCUT2D eigenvalue weighted by molar-refractivity contribution is -0.120. The van der Waals surface area contributed by atoms with Crippen molar-refractivity contribution < 1.29 is 9.59 Å². The van der Waals surface area contributed by atoms with Crippen molar-refractivity contribution in [2.75, 3.05) is 13.1 Å². The number of carbonyl (C=O) groups excluding carboxylic acids is 2. The van der Waals surface area contributed by atoms with Crippen molar-refractivity contribution in [3.05, 3.63) is 34.9 Å². The molecule has 3 amide bonds. The van der Waals surface area contributed by atoms with Crippen LogP contribution in [-0.4, -0.2) is 31.1 Å². The third-order valence-electron chi connectivity index (χ3n) is 2.54. The Bertz CT molecular complexity index is 454. The Labute approximate surface area is 135 Å². The van der Waals surface area contributed by atoms with Crippen molar-refractivity contribution in [2.45, 2.75) is 19.5 Å². The number of nitrogens with one attached hydrogen (secondary N) is 3. The Morgan fingerprint density at radius 2 is 1.86 bits per heavy atom. The van der Waals surface area contributed by atoms with Gasteiger partial charge in [0.25, 0.3) is 0 Å². The maximum Gasteiger partial charge on any atom is 0.315 e. The van der Waals surface area contributed by atoms with Crippen molar-refractivity contribution in [1.29, 1.82) is 0 Å². The maximum atomic E-state index is 11.5. The van der Waals surface area contributed by atoms with E-state index in [1.807, 2.05) is 12.1 Å². The molecule has 0 saturated heterocycles. The molecule has 8 heteroatoms. The zero-order valence-electron chi connectivity index (χ0n) is 11.7. The summed E-state index contributed by atoms with van der Waals surface area (Å²) in [6.07, 6.45) is 0. The number of benzene rings is 1. The molecule has 0 aliphatic carbocycles. The van der Waals surface area contributed by atoms with E-state index < -0.39 is 6.03 Å². The molecule has 1 atom stereocenters. The van der Waals surface area contributed by atoms with Crippen molar-refractivity contribution in [1.82, 2.24) is 16.0 Å². The number of halogens is 2. The van der Waals surface area contributed by atoms with Gasteiger partial charge >= 0.3 is 6.03 Å². The summed E-state index contributed by atoms with van der Waals surface area (Å²) in [5.41, 5.74) is 6.30. The fraction of sp³-hybridized carbons (Fsp3) is 0.385. The first-order chi connectivity index (χ1) is 9.51. The van der Waals surface area contributed by atoms with Gasteiger partial charge in [0.05, 0.1) is 6.54 Å². The van der Waals surface area contributed by atoms with Gasteiger partial charge in [0.15, 0.2) is 0 Å². The highest BCUT2D eigenvalue weighted by Crippen LogP contribution is 2.08. The second-order valence-corrected chi connectivity index (χ2v) is 4.80. The molecule has 118 valence electrons. The van der Waals surface area contributed by atoms with Gasteiger partial charge in [-0.05, 0) is 24.6 Å². The highest BCUT2D eigenvalue weighted by Gasteiger charge is 2.07. The summed E-state index contributed by atoms with van der Waals surface area (Å²) in [6.45, 7) is 2.42. The number of urea groups is 1. The van der Waals surface area contributed by atoms with Crippen molar-refractivity contribution >= 4 is 35.9 Å². The molecule has 1 aromatic rings. The van der Waals surface area contributed by atoms with Crippen molar-refractivity contribution in [3.8, 4) is 0 Å². The Balaban J connectivity index is 0.00000400. The lowest BCUT2D eigenvalue weighted by atomic mass is 10.2. The highest BCUT2D eigenvalue weighted by atomic mass is 35.5. The highest BCUT2D eigenvalue weighted by molar-refractivity contribution is 6.30. The van der Waals surface area contributed by atoms with E-state index in [1.54, 1.807) is 19.1 Å². The van der Waals surface area contributed by atoms with Crippen LogP contribution in [-0.2, 0) is 11.3 Å². The molecule has 1 aromatic carbocycles. The Hall–Kier alpha value is -1.50. The smallest absolute Gasteiger partial charge is 0.315 e. The predicted molar refractivity (Wildman–Crippen MR) is 85.6 cm³/mol. The fourth-order valence-corrected chi connectivity index (χ4v) is 1.52. The standard InChI is InChI=1S/C13H19ClN4O2.ClH/c1-9(6-15)18-12(19)8-17-13(20)16-7-10-2-4-11(14)5-3-10;/h2-5,9H,6-8,15H2,1H3,(H,18,19)(H2,16,17,20);1H/t9-;/m0./s1. The Kier molecular flexibility index (Phi) is 9.53. The number of amides is 3. The topological polar surface area (TPSA) is 96.2 Å². The summed E-state index contributed by atoms with van der Waals surface area (Å²) in [5.74, 6) is -0.274. The summed E-state index contributed by atoms with van der Waals surface area (Å²) in [7, 11) is 0. The molecule has 0 fully saturated rings. The molecule has 0 aromatic heterocycles. The number of carbonyl (C=O) groups is 2. The van der Waals surface area contributed by atoms with Crippen LogP contribution in [0.2, 0.25) is 5.02 Å². The summed E-state index contributed by atoms with van der Waals surface area (Å²) in [6, 6.07) is 6.61. The third kappa shape index (κ3) is 8.39. The second-order valence-electron chi connectivity index (χ2n) is 4.37. The van der Waals surface area contributed by atoms with E-state index in [9.17, 15) is 9.59 Å². The minimum Gasteiger partial charge on any atom is -0.351 e. The quantitative estimate of drug-likeness (QED) is 0.625. The van der Waals surface area contributed by atoms with E-state index in [0.717, 1.165) is 5.56 Å². The number of rotatable bonds is 6. The Morgan fingerprint density at radius 1 is 1.24 bits per heavy atom. The second kappa shape index (κ2) is 10.3. The van der Waals surface area contributed by atoms with E-state index >= 15 is 0 Å². The van der Waals surface area contributed by atoms with E-state index in [-0.39, 0.29) is 30.9 Å². The SMILES string of the molecule is C[C@@H](CN)NC(=O)CNC(=O)NCc1ccc(Cl)cc1.Cl. The molecule has 0 spiro atoms. The minimum atomic E-state index is -0.407. The predicted octanol–water partition coefficient (Wildman–Crippen LogP) is 1.02. The number of hydrogen-bond donors (Lipinski definition) is 4. The average Bonchev–Trinajstić information content (AvgIpc) is 2.44. The van der Waals surface area contributed by atoms with Gasteiger partial charge in [0.1, 0.15) is 0 Å². The largest absolute Gasteiger partial charge is 0.351 e. The summed E-state index contributed by atoms with van der Waals surface area (Å²) < 4.78 is 0. The molecule has 5 N–H and O–H groups in total. The minimum absolute atomic E-state index is 0. The van der Waals surface area contributed by atoms with E-state index in [4.69, 9.17) is 17.3 Å². The molecule has 6 nitrogen and oxygen atoms in total. The van der Waals surface area contributed by atoms with E-state index in [2.05, 4.69) is 16.0 Å². The van der Waals surface area contributed by atoms with Gasteiger partial charge in [0.2, 0.25) is 5.91 Å². The van der Waals surface area contributed by atoms with E-state index in [0.29, 0.717) is 18.1 Å². The van der Waals surface area contributed by atoms with Gasteiger partial charge in [-0.15, -0.1) is 12.4 Å². The number of nitrogens with two attached hydrogens (primary N) is 1. The van der Waals surface area contributed by atoms with Crippen LogP contribution in [0.25, 0.3) is 0 Å². The molecule has 0 bridgehead atoms. The fourth-order valence-electron chi connectivity index (χ4n) is 1.39. The molecule has 0 radical (unpaired) electrons. The van der Waals surface area contributed by atoms with Gasteiger partial charge in [-0.1, -0.05) is 23.7 Å². The summed E-state index contributed by atoms with van der Waals surface area (Å²) >= 11 is 5.76. The van der Waals surface area contributed by atoms with Gasteiger partial charge < -0.3 is 21.7 Å². The van der Waals surface area contributed by atoms with Crippen LogP contribution in [0.5, 0.6) is 0 Å². The monoisotopic (exact) mass is 334 g/mol. The van der Waals surface area contributed by atoms with Crippen LogP contribution in [0, 0.1) is 0 Å². The molecule has 1 rings (SSSR count). The molecular weight excluding hydrogens is 315 g/mol. The first kappa shape index (κ1) is 19.5. The summed E-state index contributed by atoms with van der Waals surface area (Å²) in [5, 5.41) is 8.39. The lowest BCUT2D eigenvalue weighted by Gasteiger charge is -2.12. The van der Waals surface area contributed by atoms with Crippen molar-refractivity contribution in [3.63, 3.8) is 0 Å². The Morgan fingerprint density at radius 3 is 2.43 bits per heavy atom. The van der Waals surface area contributed by atoms with E-state index in [1.165, 1.54) is 0 Å². The number of hydrogen-bond acceptors (Lipinski definition) is 3. The molecule has 0 unspecified atom stereocenters. The van der Waals surface area contributed by atoms with Gasteiger partial charge in [0, 0.05) is 24.2 Å². The van der Waals surface area contributed by atoms with Crippen LogP contribution in [0.1, 0.15) is 12.5 Å². The molecule has 0 aliphatic heterocycles. The van der Waals surface area contributed by atoms with Gasteiger partial charge in [-0.25, -0.2) is 4.79 Å². The lowest BCUT2D eigenvalue weighted by Crippen LogP contribution is -2.45. The normalized spacial score (nSPS) is 11.0. The molecule has 0 heterocycles. The third-order valence-corrected chi connectivity index (χ3v) is 2.79. The molecule has 0 saturated carbocycles. The van der Waals surface area contributed by atoms with Crippen LogP contribution < -0.4 is 21.7 Å². The first-order valence-electron chi connectivity index (χ1n) is 6.27. The zero-order chi connectivity index (χ0) is 15.0. The maximum absolute atomic E-state index is 11.5. The van der Waals surface area contributed by atoms with Crippen LogP contribution in [0.3, 0.4) is 0 Å². The molecule has 0 aliphatic rings. The van der Waals surface area contributed by atoms with Gasteiger partial charge in [-0.3, -0.25) is 4.79 Å². The average molecular weight is 335 g/mol. The summed E-state index contributed by atoms with van der Waals surface area (Å²) in [4.78, 5) is 22.9. The molecule has 21 heavy (non-hydrogen) atoms. The zero-order valence-corrected chi connectivity index (χ0v) is 13.3.